The van der Waals surface area contributed by atoms with Crippen LogP contribution in [-0.2, 0) is 0 Å². The monoisotopic (exact) mass is 393 g/mol. The predicted molar refractivity (Wildman–Crippen MR) is 107 cm³/mol. The van der Waals surface area contributed by atoms with Crippen LogP contribution in [0, 0.1) is 0 Å². The zero-order chi connectivity index (χ0) is 19.5. The lowest BCUT2D eigenvalue weighted by Gasteiger charge is -2.21. The van der Waals surface area contributed by atoms with Crippen molar-refractivity contribution >= 4 is 29.0 Å². The van der Waals surface area contributed by atoms with Crippen molar-refractivity contribution in [3.05, 3.63) is 88.4 Å². The van der Waals surface area contributed by atoms with E-state index in [0.29, 0.717) is 52.1 Å². The van der Waals surface area contributed by atoms with Crippen LogP contribution in [0.5, 0.6) is 11.5 Å². The van der Waals surface area contributed by atoms with Crippen LogP contribution >= 0.6 is 11.6 Å². The van der Waals surface area contributed by atoms with Crippen LogP contribution < -0.4 is 14.8 Å². The van der Waals surface area contributed by atoms with Crippen LogP contribution in [0.4, 0.5) is 5.69 Å². The highest BCUT2D eigenvalue weighted by molar-refractivity contribution is 6.30. The van der Waals surface area contributed by atoms with Crippen molar-refractivity contribution in [2.24, 2.45) is 0 Å². The number of benzene rings is 3. The number of ether oxygens (including phenoxy) is 2. The molecule has 3 aromatic rings. The van der Waals surface area contributed by atoms with E-state index in [9.17, 15) is 9.59 Å². The standard InChI is InChI=1S/C22H16ClNO4/c23-16-8-6-15(7-9-16)22(26)24-18-13-20-19(27-10-11-28-20)12-17(18)21(25)14-4-2-1-3-5-14/h1-9,12-13H,10-11H2,(H,24,26). The molecule has 0 unspecified atom stereocenters. The number of anilines is 1. The van der Waals surface area contributed by atoms with Gasteiger partial charge in [0.15, 0.2) is 17.3 Å². The number of fused-ring (bicyclic) bond motifs is 1. The average molecular weight is 394 g/mol. The number of carbonyl (C=O) groups excluding carboxylic acids is 2. The van der Waals surface area contributed by atoms with E-state index in [-0.39, 0.29) is 11.7 Å². The molecule has 140 valence electrons. The molecule has 1 N–H and O–H groups in total. The number of halogens is 1. The third-order valence-electron chi connectivity index (χ3n) is 4.32. The zero-order valence-corrected chi connectivity index (χ0v) is 15.5. The molecule has 6 heteroatoms. The average Bonchev–Trinajstić information content (AvgIpc) is 2.74. The molecule has 1 amide bonds. The summed E-state index contributed by atoms with van der Waals surface area (Å²) in [7, 11) is 0. The van der Waals surface area contributed by atoms with Gasteiger partial charge in [0.1, 0.15) is 13.2 Å². The molecule has 1 aliphatic heterocycles. The van der Waals surface area contributed by atoms with Crippen LogP contribution in [0.2, 0.25) is 5.02 Å². The summed E-state index contributed by atoms with van der Waals surface area (Å²) in [6, 6.07) is 18.6. The molecule has 3 aromatic carbocycles. The second kappa shape index (κ2) is 7.74. The quantitative estimate of drug-likeness (QED) is 0.658. The fourth-order valence-corrected chi connectivity index (χ4v) is 3.05. The summed E-state index contributed by atoms with van der Waals surface area (Å²) in [6.07, 6.45) is 0. The summed E-state index contributed by atoms with van der Waals surface area (Å²) < 4.78 is 11.2. The second-order valence-electron chi connectivity index (χ2n) is 6.20. The first-order valence-electron chi connectivity index (χ1n) is 8.72. The van der Waals surface area contributed by atoms with Gasteiger partial charge in [-0.2, -0.15) is 0 Å². The molecule has 0 aliphatic carbocycles. The lowest BCUT2D eigenvalue weighted by molar-refractivity contribution is 0.102. The van der Waals surface area contributed by atoms with Crippen molar-refractivity contribution < 1.29 is 19.1 Å². The number of hydrogen-bond donors (Lipinski definition) is 1. The molecular formula is C22H16ClNO4. The molecule has 0 bridgehead atoms. The van der Waals surface area contributed by atoms with E-state index in [1.165, 1.54) is 0 Å². The first-order chi connectivity index (χ1) is 13.6. The Morgan fingerprint density at radius 3 is 2.14 bits per heavy atom. The highest BCUT2D eigenvalue weighted by Crippen LogP contribution is 2.36. The molecule has 0 fully saturated rings. The molecule has 0 saturated heterocycles. The maximum Gasteiger partial charge on any atom is 0.255 e. The Bertz CT molecular complexity index is 1030. The smallest absolute Gasteiger partial charge is 0.255 e. The Morgan fingerprint density at radius 2 is 1.46 bits per heavy atom. The van der Waals surface area contributed by atoms with Crippen molar-refractivity contribution in [1.29, 1.82) is 0 Å². The van der Waals surface area contributed by atoms with Gasteiger partial charge in [-0.25, -0.2) is 0 Å². The summed E-state index contributed by atoms with van der Waals surface area (Å²) >= 11 is 5.88. The highest BCUT2D eigenvalue weighted by atomic mass is 35.5. The molecule has 1 aliphatic rings. The number of ketones is 1. The van der Waals surface area contributed by atoms with Crippen molar-refractivity contribution in [3.8, 4) is 11.5 Å². The van der Waals surface area contributed by atoms with Gasteiger partial charge in [0.05, 0.1) is 11.3 Å². The van der Waals surface area contributed by atoms with Crippen LogP contribution in [0.3, 0.4) is 0 Å². The molecule has 28 heavy (non-hydrogen) atoms. The molecule has 0 saturated carbocycles. The van der Waals surface area contributed by atoms with Crippen LogP contribution in [0.25, 0.3) is 0 Å². The normalized spacial score (nSPS) is 12.3. The lowest BCUT2D eigenvalue weighted by atomic mass is 10.0. The zero-order valence-electron chi connectivity index (χ0n) is 14.8. The first kappa shape index (κ1) is 18.1. The Labute approximate surface area is 166 Å². The Kier molecular flexibility index (Phi) is 5.00. The van der Waals surface area contributed by atoms with Gasteiger partial charge < -0.3 is 14.8 Å². The highest BCUT2D eigenvalue weighted by Gasteiger charge is 2.22. The van der Waals surface area contributed by atoms with Gasteiger partial charge in [-0.1, -0.05) is 41.9 Å². The van der Waals surface area contributed by atoms with Gasteiger partial charge in [0.25, 0.3) is 5.91 Å². The number of carbonyl (C=O) groups is 2. The van der Waals surface area contributed by atoms with Gasteiger partial charge in [0, 0.05) is 22.2 Å². The lowest BCUT2D eigenvalue weighted by Crippen LogP contribution is -2.19. The number of rotatable bonds is 4. The number of nitrogens with one attached hydrogen (secondary N) is 1. The fourth-order valence-electron chi connectivity index (χ4n) is 2.92. The summed E-state index contributed by atoms with van der Waals surface area (Å²) in [6.45, 7) is 0.812. The minimum atomic E-state index is -0.351. The molecule has 0 atom stereocenters. The van der Waals surface area contributed by atoms with E-state index in [4.69, 9.17) is 21.1 Å². The SMILES string of the molecule is O=C(Nc1cc2c(cc1C(=O)c1ccccc1)OCCO2)c1ccc(Cl)cc1. The summed E-state index contributed by atoms with van der Waals surface area (Å²) in [5.41, 5.74) is 1.63. The van der Waals surface area contributed by atoms with E-state index >= 15 is 0 Å². The van der Waals surface area contributed by atoms with Crippen molar-refractivity contribution in [2.75, 3.05) is 18.5 Å². The van der Waals surface area contributed by atoms with Gasteiger partial charge in [0.2, 0.25) is 0 Å². The number of hydrogen-bond acceptors (Lipinski definition) is 4. The third kappa shape index (κ3) is 3.70. The van der Waals surface area contributed by atoms with Crippen LogP contribution in [0.1, 0.15) is 26.3 Å². The topological polar surface area (TPSA) is 64.6 Å². The van der Waals surface area contributed by atoms with E-state index in [1.807, 2.05) is 6.07 Å². The van der Waals surface area contributed by atoms with Crippen molar-refractivity contribution in [1.82, 2.24) is 0 Å². The van der Waals surface area contributed by atoms with Crippen LogP contribution in [-0.4, -0.2) is 24.9 Å². The maximum atomic E-state index is 13.1. The van der Waals surface area contributed by atoms with Gasteiger partial charge in [-0.15, -0.1) is 0 Å². The minimum absolute atomic E-state index is 0.219. The van der Waals surface area contributed by atoms with Gasteiger partial charge in [-0.05, 0) is 30.3 Å². The molecular weight excluding hydrogens is 378 g/mol. The molecule has 1 heterocycles. The Balaban J connectivity index is 1.73. The van der Waals surface area contributed by atoms with E-state index in [0.717, 1.165) is 0 Å². The largest absolute Gasteiger partial charge is 0.486 e. The summed E-state index contributed by atoms with van der Waals surface area (Å²) in [5.74, 6) is 0.400. The van der Waals surface area contributed by atoms with Crippen molar-refractivity contribution in [3.63, 3.8) is 0 Å². The first-order valence-corrected chi connectivity index (χ1v) is 9.10. The van der Waals surface area contributed by atoms with Crippen LogP contribution in [0.15, 0.2) is 66.7 Å². The molecule has 4 rings (SSSR count). The fraction of sp³-hybridized carbons (Fsp3) is 0.0909. The summed E-state index contributed by atoms with van der Waals surface area (Å²) in [5, 5.41) is 3.35. The maximum absolute atomic E-state index is 13.1. The van der Waals surface area contributed by atoms with E-state index < -0.39 is 0 Å². The molecule has 0 spiro atoms. The Hall–Kier alpha value is -3.31. The molecule has 0 radical (unpaired) electrons. The summed E-state index contributed by atoms with van der Waals surface area (Å²) in [4.78, 5) is 25.7. The predicted octanol–water partition coefficient (Wildman–Crippen LogP) is 4.59. The minimum Gasteiger partial charge on any atom is -0.486 e. The van der Waals surface area contributed by atoms with E-state index in [2.05, 4.69) is 5.32 Å². The molecule has 5 nitrogen and oxygen atoms in total. The molecule has 0 aromatic heterocycles. The third-order valence-corrected chi connectivity index (χ3v) is 4.57. The number of amides is 1. The van der Waals surface area contributed by atoms with Gasteiger partial charge in [-0.3, -0.25) is 9.59 Å². The Morgan fingerprint density at radius 1 is 0.821 bits per heavy atom. The second-order valence-corrected chi connectivity index (χ2v) is 6.63. The van der Waals surface area contributed by atoms with E-state index in [1.54, 1.807) is 60.7 Å². The van der Waals surface area contributed by atoms with Gasteiger partial charge >= 0.3 is 0 Å². The van der Waals surface area contributed by atoms with Crippen molar-refractivity contribution in [2.45, 2.75) is 0 Å².